The maximum Gasteiger partial charge on any atom is 0.257 e. The number of nitrogens with zero attached hydrogens (tertiary/aromatic N) is 3. The molecular formula is C25H28N4O3. The molecule has 32 heavy (non-hydrogen) atoms. The highest BCUT2D eigenvalue weighted by Crippen LogP contribution is 2.24. The van der Waals surface area contributed by atoms with E-state index in [4.69, 9.17) is 4.74 Å². The Balaban J connectivity index is 1.34. The number of β-amino-alcohol motifs (C(OH)–C–C–N with tert-alkyl or cyclic N) is 1. The summed E-state index contributed by atoms with van der Waals surface area (Å²) < 4.78 is 6.04. The molecule has 1 aromatic heterocycles. The minimum Gasteiger partial charge on any atom is -0.488 e. The molecule has 1 saturated heterocycles. The third kappa shape index (κ3) is 5.23. The number of hydrogen-bond acceptors (Lipinski definition) is 6. The van der Waals surface area contributed by atoms with Crippen LogP contribution >= 0.6 is 0 Å². The van der Waals surface area contributed by atoms with E-state index >= 15 is 0 Å². The predicted octanol–water partition coefficient (Wildman–Crippen LogP) is 4.00. The molecule has 1 fully saturated rings. The van der Waals surface area contributed by atoms with Gasteiger partial charge in [-0.3, -0.25) is 4.79 Å². The van der Waals surface area contributed by atoms with Gasteiger partial charge < -0.3 is 20.1 Å². The van der Waals surface area contributed by atoms with Crippen LogP contribution in [-0.4, -0.2) is 51.2 Å². The monoisotopic (exact) mass is 432 g/mol. The van der Waals surface area contributed by atoms with Crippen molar-refractivity contribution in [1.29, 1.82) is 0 Å². The Morgan fingerprint density at radius 1 is 1.12 bits per heavy atom. The van der Waals surface area contributed by atoms with Crippen LogP contribution < -0.4 is 10.1 Å². The lowest BCUT2D eigenvalue weighted by atomic mass is 10.0. The topological polar surface area (TPSA) is 87.6 Å². The van der Waals surface area contributed by atoms with Crippen molar-refractivity contribution in [3.63, 3.8) is 0 Å². The summed E-state index contributed by atoms with van der Waals surface area (Å²) in [5.41, 5.74) is 2.45. The number of nitrogens with one attached hydrogen (secondary N) is 1. The van der Waals surface area contributed by atoms with E-state index < -0.39 is 6.10 Å². The molecule has 166 valence electrons. The normalized spacial score (nSPS) is 18.4. The van der Waals surface area contributed by atoms with Gasteiger partial charge in [-0.25, -0.2) is 9.97 Å². The summed E-state index contributed by atoms with van der Waals surface area (Å²) in [6.45, 7) is 4.96. The molecule has 1 aliphatic rings. The number of aromatic nitrogens is 2. The summed E-state index contributed by atoms with van der Waals surface area (Å²) in [5.74, 6) is 1.37. The van der Waals surface area contributed by atoms with Crippen molar-refractivity contribution in [2.45, 2.75) is 38.4 Å². The smallest absolute Gasteiger partial charge is 0.257 e. The second-order valence-electron chi connectivity index (χ2n) is 8.28. The van der Waals surface area contributed by atoms with E-state index in [1.54, 1.807) is 4.90 Å². The van der Waals surface area contributed by atoms with Gasteiger partial charge >= 0.3 is 0 Å². The Labute approximate surface area is 188 Å². The highest BCUT2D eigenvalue weighted by molar-refractivity contribution is 5.93. The van der Waals surface area contributed by atoms with Crippen LogP contribution in [0.2, 0.25) is 0 Å². The summed E-state index contributed by atoms with van der Waals surface area (Å²) >= 11 is 0. The molecule has 2 heterocycles. The SMILES string of the molecule is CC(C)c1cccc(O[C@@H]2CCN(C(=O)c3cnc(Nc4ccccc4)nc3)C[C@H]2O)c1. The number of anilines is 2. The number of rotatable bonds is 6. The fourth-order valence-electron chi connectivity index (χ4n) is 3.69. The molecule has 4 rings (SSSR count). The molecule has 0 bridgehead atoms. The Bertz CT molecular complexity index is 1040. The number of para-hydroxylation sites is 1. The lowest BCUT2D eigenvalue weighted by molar-refractivity contribution is -0.0199. The second kappa shape index (κ2) is 9.78. The summed E-state index contributed by atoms with van der Waals surface area (Å²) in [6, 6.07) is 17.5. The van der Waals surface area contributed by atoms with E-state index in [-0.39, 0.29) is 18.6 Å². The number of aliphatic hydroxyl groups is 1. The zero-order valence-electron chi connectivity index (χ0n) is 18.3. The predicted molar refractivity (Wildman–Crippen MR) is 123 cm³/mol. The van der Waals surface area contributed by atoms with Gasteiger partial charge in [-0.2, -0.15) is 0 Å². The number of hydrogen-bond donors (Lipinski definition) is 2. The number of ether oxygens (including phenoxy) is 1. The molecule has 0 radical (unpaired) electrons. The van der Waals surface area contributed by atoms with Gasteiger partial charge in [0.05, 0.1) is 12.1 Å². The van der Waals surface area contributed by atoms with Gasteiger partial charge in [-0.05, 0) is 35.7 Å². The third-order valence-electron chi connectivity index (χ3n) is 5.55. The Morgan fingerprint density at radius 2 is 1.88 bits per heavy atom. The van der Waals surface area contributed by atoms with E-state index in [0.717, 1.165) is 11.4 Å². The fourth-order valence-corrected chi connectivity index (χ4v) is 3.69. The van der Waals surface area contributed by atoms with Crippen LogP contribution in [0.5, 0.6) is 5.75 Å². The molecular weight excluding hydrogens is 404 g/mol. The fraction of sp³-hybridized carbons (Fsp3) is 0.320. The van der Waals surface area contributed by atoms with Crippen molar-refractivity contribution in [1.82, 2.24) is 14.9 Å². The zero-order chi connectivity index (χ0) is 22.5. The number of carbonyl (C=O) groups is 1. The Morgan fingerprint density at radius 3 is 2.56 bits per heavy atom. The molecule has 3 aromatic rings. The molecule has 2 aromatic carbocycles. The summed E-state index contributed by atoms with van der Waals surface area (Å²) in [7, 11) is 0. The van der Waals surface area contributed by atoms with Crippen LogP contribution in [0.1, 0.15) is 42.1 Å². The maximum absolute atomic E-state index is 12.9. The van der Waals surface area contributed by atoms with Crippen LogP contribution in [0, 0.1) is 0 Å². The number of piperidine rings is 1. The average molecular weight is 433 g/mol. The van der Waals surface area contributed by atoms with Crippen molar-refractivity contribution in [3.8, 4) is 5.75 Å². The molecule has 0 spiro atoms. The van der Waals surface area contributed by atoms with Gasteiger partial charge in [-0.1, -0.05) is 44.2 Å². The average Bonchev–Trinajstić information content (AvgIpc) is 2.81. The van der Waals surface area contributed by atoms with Crippen molar-refractivity contribution < 1.29 is 14.6 Å². The van der Waals surface area contributed by atoms with Crippen LogP contribution in [-0.2, 0) is 0 Å². The largest absolute Gasteiger partial charge is 0.488 e. The molecule has 1 amide bonds. The standard InChI is InChI=1S/C25H28N4O3/c1-17(2)18-7-6-10-21(13-18)32-23-11-12-29(16-22(23)30)24(31)19-14-26-25(27-15-19)28-20-8-4-3-5-9-20/h3-10,13-15,17,22-23,30H,11-12,16H2,1-2H3,(H,26,27,28)/t22-,23-/m1/s1. The highest BCUT2D eigenvalue weighted by atomic mass is 16.5. The molecule has 2 N–H and O–H groups in total. The highest BCUT2D eigenvalue weighted by Gasteiger charge is 2.32. The van der Waals surface area contributed by atoms with Crippen LogP contribution in [0.25, 0.3) is 0 Å². The number of likely N-dealkylation sites (tertiary alicyclic amines) is 1. The minimum absolute atomic E-state index is 0.199. The molecule has 0 unspecified atom stereocenters. The molecule has 0 aliphatic carbocycles. The molecule has 1 aliphatic heterocycles. The number of aliphatic hydroxyl groups excluding tert-OH is 1. The first-order valence-corrected chi connectivity index (χ1v) is 10.9. The van der Waals surface area contributed by atoms with Gasteiger partial charge in [0.25, 0.3) is 5.91 Å². The van der Waals surface area contributed by atoms with Crippen molar-refractivity contribution in [2.24, 2.45) is 0 Å². The van der Waals surface area contributed by atoms with E-state index in [2.05, 4.69) is 35.2 Å². The van der Waals surface area contributed by atoms with Crippen molar-refractivity contribution in [3.05, 3.63) is 78.1 Å². The van der Waals surface area contributed by atoms with Gasteiger partial charge in [0.1, 0.15) is 18.0 Å². The number of benzene rings is 2. The van der Waals surface area contributed by atoms with Crippen molar-refractivity contribution >= 4 is 17.5 Å². The van der Waals surface area contributed by atoms with Crippen LogP contribution in [0.4, 0.5) is 11.6 Å². The first-order valence-electron chi connectivity index (χ1n) is 10.9. The third-order valence-corrected chi connectivity index (χ3v) is 5.55. The molecule has 7 heteroatoms. The van der Waals surface area contributed by atoms with Gasteiger partial charge in [0.15, 0.2) is 0 Å². The first kappa shape index (κ1) is 21.8. The van der Waals surface area contributed by atoms with E-state index in [9.17, 15) is 9.90 Å². The quantitative estimate of drug-likeness (QED) is 0.612. The number of amides is 1. The van der Waals surface area contributed by atoms with Gasteiger partial charge in [0.2, 0.25) is 5.95 Å². The van der Waals surface area contributed by atoms with E-state index in [0.29, 0.717) is 30.4 Å². The van der Waals surface area contributed by atoms with Crippen molar-refractivity contribution in [2.75, 3.05) is 18.4 Å². The minimum atomic E-state index is -0.768. The summed E-state index contributed by atoms with van der Waals surface area (Å²) in [6.07, 6.45) is 2.44. The molecule has 7 nitrogen and oxygen atoms in total. The maximum atomic E-state index is 12.9. The molecule has 0 saturated carbocycles. The Kier molecular flexibility index (Phi) is 6.66. The van der Waals surface area contributed by atoms with Crippen LogP contribution in [0.3, 0.4) is 0 Å². The lowest BCUT2D eigenvalue weighted by Gasteiger charge is -2.36. The van der Waals surface area contributed by atoms with Crippen LogP contribution in [0.15, 0.2) is 67.0 Å². The molecule has 2 atom stereocenters. The summed E-state index contributed by atoms with van der Waals surface area (Å²) in [5, 5.41) is 13.7. The lowest BCUT2D eigenvalue weighted by Crippen LogP contribution is -2.51. The second-order valence-corrected chi connectivity index (χ2v) is 8.28. The number of carbonyl (C=O) groups excluding carboxylic acids is 1. The zero-order valence-corrected chi connectivity index (χ0v) is 18.3. The van der Waals surface area contributed by atoms with E-state index in [1.165, 1.54) is 18.0 Å². The Hall–Kier alpha value is -3.45. The van der Waals surface area contributed by atoms with E-state index in [1.807, 2.05) is 48.5 Å². The summed E-state index contributed by atoms with van der Waals surface area (Å²) in [4.78, 5) is 23.0. The van der Waals surface area contributed by atoms with Gasteiger partial charge in [-0.15, -0.1) is 0 Å². The first-order chi connectivity index (χ1) is 15.5. The van der Waals surface area contributed by atoms with Gasteiger partial charge in [0, 0.05) is 31.0 Å².